The average molecular weight is 242 g/mol. The predicted octanol–water partition coefficient (Wildman–Crippen LogP) is 2.95. The fraction of sp³-hybridized carbons (Fsp3) is 0.200. The summed E-state index contributed by atoms with van der Waals surface area (Å²) < 4.78 is 5.85. The maximum Gasteiger partial charge on any atom is 0.129 e. The highest BCUT2D eigenvalue weighted by Crippen LogP contribution is 2.41. The van der Waals surface area contributed by atoms with E-state index in [0.29, 0.717) is 12.2 Å². The Hall–Kier alpha value is -2.00. The summed E-state index contributed by atoms with van der Waals surface area (Å²) in [5.41, 5.74) is 1.77. The number of hydrogen-bond donors (Lipinski definition) is 2. The van der Waals surface area contributed by atoms with E-state index in [1.54, 1.807) is 18.2 Å². The van der Waals surface area contributed by atoms with Gasteiger partial charge in [-0.2, -0.15) is 0 Å². The van der Waals surface area contributed by atoms with E-state index in [2.05, 4.69) is 0 Å². The number of phenolic OH excluding ortho intramolecular Hbond substituents is 1. The van der Waals surface area contributed by atoms with Gasteiger partial charge in [-0.3, -0.25) is 0 Å². The van der Waals surface area contributed by atoms with Crippen molar-refractivity contribution in [1.29, 1.82) is 0 Å². The van der Waals surface area contributed by atoms with Crippen molar-refractivity contribution in [2.24, 2.45) is 0 Å². The Kier molecular flexibility index (Phi) is 2.68. The maximum atomic E-state index is 10.1. The first-order valence-corrected chi connectivity index (χ1v) is 5.96. The monoisotopic (exact) mass is 242 g/mol. The minimum atomic E-state index is -0.556. The lowest BCUT2D eigenvalue weighted by molar-refractivity contribution is 0.0655. The van der Waals surface area contributed by atoms with Crippen LogP contribution in [-0.4, -0.2) is 10.2 Å². The van der Waals surface area contributed by atoms with Crippen LogP contribution >= 0.6 is 0 Å². The molecule has 0 bridgehead atoms. The Morgan fingerprint density at radius 1 is 1.06 bits per heavy atom. The molecule has 3 nitrogen and oxygen atoms in total. The Bertz CT molecular complexity index is 551. The molecule has 1 aliphatic rings. The van der Waals surface area contributed by atoms with E-state index in [1.165, 1.54) is 0 Å². The number of aromatic hydroxyl groups is 1. The summed E-state index contributed by atoms with van der Waals surface area (Å²) in [4.78, 5) is 0. The first-order valence-electron chi connectivity index (χ1n) is 5.96. The van der Waals surface area contributed by atoms with Crippen molar-refractivity contribution in [2.75, 3.05) is 0 Å². The van der Waals surface area contributed by atoms with Crippen LogP contribution in [0.4, 0.5) is 0 Å². The fourth-order valence-corrected chi connectivity index (χ4v) is 2.30. The first-order chi connectivity index (χ1) is 8.74. The molecule has 0 fully saturated rings. The van der Waals surface area contributed by atoms with Crippen LogP contribution in [0.2, 0.25) is 0 Å². The van der Waals surface area contributed by atoms with Crippen molar-refractivity contribution in [3.63, 3.8) is 0 Å². The highest BCUT2D eigenvalue weighted by Gasteiger charge is 2.28. The molecule has 0 saturated carbocycles. The van der Waals surface area contributed by atoms with E-state index in [0.717, 1.165) is 11.1 Å². The number of rotatable bonds is 1. The highest BCUT2D eigenvalue weighted by molar-refractivity contribution is 5.43. The predicted molar refractivity (Wildman–Crippen MR) is 67.5 cm³/mol. The molecule has 1 heterocycles. The largest absolute Gasteiger partial charge is 0.508 e. The summed E-state index contributed by atoms with van der Waals surface area (Å²) in [6.45, 7) is 0. The number of fused-ring (bicyclic) bond motifs is 1. The zero-order chi connectivity index (χ0) is 12.5. The number of ether oxygens (including phenoxy) is 1. The summed E-state index contributed by atoms with van der Waals surface area (Å²) in [5.74, 6) is 0.706. The maximum absolute atomic E-state index is 10.1. The molecule has 0 spiro atoms. The molecule has 0 amide bonds. The van der Waals surface area contributed by atoms with Crippen LogP contribution in [0.5, 0.6) is 11.5 Å². The van der Waals surface area contributed by atoms with Crippen molar-refractivity contribution in [2.45, 2.75) is 18.6 Å². The number of phenols is 1. The highest BCUT2D eigenvalue weighted by atomic mass is 16.5. The third-order valence-electron chi connectivity index (χ3n) is 3.23. The van der Waals surface area contributed by atoms with Gasteiger partial charge in [0, 0.05) is 18.1 Å². The third-order valence-corrected chi connectivity index (χ3v) is 3.23. The Morgan fingerprint density at radius 3 is 2.61 bits per heavy atom. The zero-order valence-corrected chi connectivity index (χ0v) is 9.78. The van der Waals surface area contributed by atoms with Gasteiger partial charge in [-0.15, -0.1) is 0 Å². The van der Waals surface area contributed by atoms with Crippen LogP contribution in [0, 0.1) is 0 Å². The molecule has 2 aromatic carbocycles. The third kappa shape index (κ3) is 1.93. The summed E-state index contributed by atoms with van der Waals surface area (Å²) in [6, 6.07) is 14.6. The molecule has 2 aromatic rings. The van der Waals surface area contributed by atoms with E-state index in [-0.39, 0.29) is 11.9 Å². The Labute approximate surface area is 105 Å². The van der Waals surface area contributed by atoms with Gasteiger partial charge in [-0.05, 0) is 17.7 Å². The van der Waals surface area contributed by atoms with Gasteiger partial charge >= 0.3 is 0 Å². The summed E-state index contributed by atoms with van der Waals surface area (Å²) >= 11 is 0. The van der Waals surface area contributed by atoms with Gasteiger partial charge in [0.1, 0.15) is 17.6 Å². The van der Waals surface area contributed by atoms with Gasteiger partial charge in [-0.1, -0.05) is 30.3 Å². The molecule has 0 radical (unpaired) electrons. The lowest BCUT2D eigenvalue weighted by Gasteiger charge is -2.30. The Balaban J connectivity index is 1.96. The summed E-state index contributed by atoms with van der Waals surface area (Å²) in [6.07, 6.45) is -0.197. The number of aliphatic hydroxyl groups is 1. The van der Waals surface area contributed by atoms with Crippen LogP contribution in [0.3, 0.4) is 0 Å². The topological polar surface area (TPSA) is 49.7 Å². The second-order valence-electron chi connectivity index (χ2n) is 4.49. The molecule has 0 aromatic heterocycles. The molecule has 0 unspecified atom stereocenters. The molecule has 2 atom stereocenters. The molecule has 0 aliphatic carbocycles. The smallest absolute Gasteiger partial charge is 0.129 e. The van der Waals surface area contributed by atoms with E-state index < -0.39 is 6.10 Å². The van der Waals surface area contributed by atoms with E-state index in [1.807, 2.05) is 30.3 Å². The average Bonchev–Trinajstić information content (AvgIpc) is 2.39. The van der Waals surface area contributed by atoms with E-state index in [4.69, 9.17) is 4.74 Å². The van der Waals surface area contributed by atoms with Gasteiger partial charge < -0.3 is 14.9 Å². The molecular formula is C15H14O3. The normalized spacial score (nSPS) is 22.1. The fourth-order valence-electron chi connectivity index (χ4n) is 2.30. The van der Waals surface area contributed by atoms with Crippen LogP contribution < -0.4 is 4.74 Å². The molecule has 1 aliphatic heterocycles. The van der Waals surface area contributed by atoms with Crippen LogP contribution in [-0.2, 0) is 0 Å². The first kappa shape index (κ1) is 11.1. The SMILES string of the molecule is Oc1ccc2c(c1)O[C@H](c1ccccc1)C[C@@H]2O. The van der Waals surface area contributed by atoms with Crippen molar-refractivity contribution in [3.8, 4) is 11.5 Å². The quantitative estimate of drug-likeness (QED) is 0.808. The minimum Gasteiger partial charge on any atom is -0.508 e. The molecule has 3 heteroatoms. The van der Waals surface area contributed by atoms with E-state index >= 15 is 0 Å². The van der Waals surface area contributed by atoms with Gasteiger partial charge in [0.25, 0.3) is 0 Å². The van der Waals surface area contributed by atoms with Crippen LogP contribution in [0.15, 0.2) is 48.5 Å². The molecule has 92 valence electrons. The molecular weight excluding hydrogens is 228 g/mol. The van der Waals surface area contributed by atoms with Crippen LogP contribution in [0.1, 0.15) is 29.8 Å². The van der Waals surface area contributed by atoms with Crippen molar-refractivity contribution < 1.29 is 14.9 Å². The van der Waals surface area contributed by atoms with Gasteiger partial charge in [-0.25, -0.2) is 0 Å². The lowest BCUT2D eigenvalue weighted by Crippen LogP contribution is -2.18. The second-order valence-corrected chi connectivity index (χ2v) is 4.49. The van der Waals surface area contributed by atoms with E-state index in [9.17, 15) is 10.2 Å². The van der Waals surface area contributed by atoms with Crippen molar-refractivity contribution in [3.05, 3.63) is 59.7 Å². The molecule has 18 heavy (non-hydrogen) atoms. The second kappa shape index (κ2) is 4.35. The molecule has 3 rings (SSSR count). The van der Waals surface area contributed by atoms with Crippen molar-refractivity contribution >= 4 is 0 Å². The Morgan fingerprint density at radius 2 is 1.83 bits per heavy atom. The molecule has 0 saturated heterocycles. The standard InChI is InChI=1S/C15H14O3/c16-11-6-7-12-13(17)9-14(18-15(12)8-11)10-4-2-1-3-5-10/h1-8,13-14,16-17H,9H2/t13-,14-/m0/s1. The number of hydrogen-bond acceptors (Lipinski definition) is 3. The number of benzene rings is 2. The summed E-state index contributed by atoms with van der Waals surface area (Å²) in [7, 11) is 0. The lowest BCUT2D eigenvalue weighted by atomic mass is 9.95. The summed E-state index contributed by atoms with van der Waals surface area (Å²) in [5, 5.41) is 19.6. The van der Waals surface area contributed by atoms with Crippen molar-refractivity contribution in [1.82, 2.24) is 0 Å². The van der Waals surface area contributed by atoms with Gasteiger partial charge in [0.2, 0.25) is 0 Å². The van der Waals surface area contributed by atoms with Gasteiger partial charge in [0.05, 0.1) is 6.10 Å². The molecule has 2 N–H and O–H groups in total. The minimum absolute atomic E-state index is 0.148. The zero-order valence-electron chi connectivity index (χ0n) is 9.78. The van der Waals surface area contributed by atoms with Crippen LogP contribution in [0.25, 0.3) is 0 Å². The number of aliphatic hydroxyl groups excluding tert-OH is 1. The van der Waals surface area contributed by atoms with Gasteiger partial charge in [0.15, 0.2) is 0 Å².